The smallest absolute Gasteiger partial charge is 0.254 e. The van der Waals surface area contributed by atoms with Gasteiger partial charge in [-0.25, -0.2) is 0 Å². The lowest BCUT2D eigenvalue weighted by atomic mass is 9.68. The van der Waals surface area contributed by atoms with Crippen LogP contribution in [0.15, 0.2) is 66.1 Å². The van der Waals surface area contributed by atoms with Crippen LogP contribution < -0.4 is 9.64 Å². The second-order valence-electron chi connectivity index (χ2n) is 11.6. The van der Waals surface area contributed by atoms with Crippen molar-refractivity contribution in [1.82, 2.24) is 0 Å². The third-order valence-electron chi connectivity index (χ3n) is 9.05. The van der Waals surface area contributed by atoms with Crippen LogP contribution in [0.3, 0.4) is 0 Å². The number of unbranched alkanes of at least 4 members (excludes halogenated alkanes) is 1. The summed E-state index contributed by atoms with van der Waals surface area (Å²) >= 11 is 6.40. The first-order valence-electron chi connectivity index (χ1n) is 14.6. The molecule has 0 unspecified atom stereocenters. The van der Waals surface area contributed by atoms with E-state index in [0.29, 0.717) is 36.2 Å². The van der Waals surface area contributed by atoms with E-state index in [1.165, 1.54) is 11.1 Å². The topological polar surface area (TPSA) is 68.2 Å². The Morgan fingerprint density at radius 1 is 1.29 bits per heavy atom. The molecule has 0 bridgehead atoms. The summed E-state index contributed by atoms with van der Waals surface area (Å²) in [5.74, 6) is 1.46. The lowest BCUT2D eigenvalue weighted by Crippen LogP contribution is -2.49. The summed E-state index contributed by atoms with van der Waals surface area (Å²) in [7, 11) is 0.182. The monoisotopic (exact) mass is 595 g/mol. The third kappa shape index (κ3) is 6.42. The van der Waals surface area contributed by atoms with E-state index in [9.17, 15) is 9.00 Å². The molecule has 1 spiro atoms. The molecule has 220 valence electrons. The number of hydrogen-bond acceptors (Lipinski definition) is 6. The number of ether oxygens (including phenoxy) is 2. The summed E-state index contributed by atoms with van der Waals surface area (Å²) in [6, 6.07) is 11.7. The third-order valence-corrected chi connectivity index (χ3v) is 10.3. The first-order valence-corrected chi connectivity index (χ1v) is 16.2. The lowest BCUT2D eigenvalue weighted by Gasteiger charge is -2.46. The van der Waals surface area contributed by atoms with Crippen molar-refractivity contribution in [1.29, 1.82) is 0 Å². The molecular formula is C33H40ClN2O4S-. The highest BCUT2D eigenvalue weighted by atomic mass is 35.5. The molecule has 1 fully saturated rings. The molecule has 2 aromatic rings. The van der Waals surface area contributed by atoms with Gasteiger partial charge in [-0.15, -0.1) is 13.2 Å². The molecule has 2 aliphatic carbocycles. The number of anilines is 1. The summed E-state index contributed by atoms with van der Waals surface area (Å²) in [6.07, 6.45) is 10.4. The Labute approximate surface area is 251 Å². The van der Waals surface area contributed by atoms with Crippen molar-refractivity contribution in [2.45, 2.75) is 56.5 Å². The average Bonchev–Trinajstić information content (AvgIpc) is 3.10. The molecular weight excluding hydrogens is 556 g/mol. The Morgan fingerprint density at radius 3 is 2.88 bits per heavy atom. The summed E-state index contributed by atoms with van der Waals surface area (Å²) in [4.78, 5) is 15.5. The fourth-order valence-electron chi connectivity index (χ4n) is 6.77. The van der Waals surface area contributed by atoms with E-state index in [-0.39, 0.29) is 11.5 Å². The van der Waals surface area contributed by atoms with Gasteiger partial charge >= 0.3 is 0 Å². The molecule has 1 heterocycles. The molecule has 3 aliphatic rings. The zero-order valence-corrected chi connectivity index (χ0v) is 25.4. The molecule has 1 amide bonds. The van der Waals surface area contributed by atoms with Crippen LogP contribution in [-0.2, 0) is 31.4 Å². The van der Waals surface area contributed by atoms with Gasteiger partial charge in [0.05, 0.1) is 18.4 Å². The predicted molar refractivity (Wildman–Crippen MR) is 167 cm³/mol. The Hall–Kier alpha value is -2.61. The van der Waals surface area contributed by atoms with E-state index < -0.39 is 16.5 Å². The van der Waals surface area contributed by atoms with Crippen molar-refractivity contribution < 1.29 is 18.5 Å². The van der Waals surface area contributed by atoms with Crippen molar-refractivity contribution >= 4 is 33.8 Å². The van der Waals surface area contributed by atoms with Gasteiger partial charge in [-0.2, -0.15) is 10.6 Å². The molecule has 5 rings (SSSR count). The van der Waals surface area contributed by atoms with E-state index in [0.717, 1.165) is 68.1 Å². The van der Waals surface area contributed by atoms with E-state index in [2.05, 4.69) is 34.6 Å². The van der Waals surface area contributed by atoms with Crippen molar-refractivity contribution in [2.75, 3.05) is 37.5 Å². The molecule has 1 saturated carbocycles. The second kappa shape index (κ2) is 13.1. The van der Waals surface area contributed by atoms with Crippen LogP contribution in [0.2, 0.25) is 5.02 Å². The predicted octanol–water partition coefficient (Wildman–Crippen LogP) is 7.29. The zero-order chi connectivity index (χ0) is 29.0. The van der Waals surface area contributed by atoms with Gasteiger partial charge in [0.15, 0.2) is 0 Å². The summed E-state index contributed by atoms with van der Waals surface area (Å²) in [5, 5.41) is 0.761. The van der Waals surface area contributed by atoms with Crippen LogP contribution in [0.5, 0.6) is 5.75 Å². The van der Waals surface area contributed by atoms with Crippen LogP contribution in [0, 0.1) is 11.8 Å². The van der Waals surface area contributed by atoms with Crippen LogP contribution >= 0.6 is 11.6 Å². The van der Waals surface area contributed by atoms with Gasteiger partial charge in [-0.1, -0.05) is 42.0 Å². The number of carbonyl (C=O) groups excluding carboxylic acids is 1. The number of hydrogen-bond donors (Lipinski definition) is 0. The van der Waals surface area contributed by atoms with Crippen molar-refractivity contribution in [3.05, 3.63) is 83.4 Å². The molecule has 2 aromatic carbocycles. The highest BCUT2D eigenvalue weighted by molar-refractivity contribution is 7.75. The van der Waals surface area contributed by atoms with Gasteiger partial charge in [0.2, 0.25) is 0 Å². The largest absolute Gasteiger partial charge is 0.490 e. The van der Waals surface area contributed by atoms with E-state index in [4.69, 9.17) is 21.1 Å². The van der Waals surface area contributed by atoms with E-state index in [1.54, 1.807) is 19.3 Å². The van der Waals surface area contributed by atoms with Gasteiger partial charge in [0, 0.05) is 36.2 Å². The fourth-order valence-corrected chi connectivity index (χ4v) is 7.76. The highest BCUT2D eigenvalue weighted by Gasteiger charge is 2.44. The molecule has 1 aliphatic heterocycles. The number of nitrogens with zero attached hydrogens (tertiary/aromatic N) is 2. The van der Waals surface area contributed by atoms with Crippen molar-refractivity contribution in [3.63, 3.8) is 0 Å². The zero-order valence-electron chi connectivity index (χ0n) is 23.9. The number of rotatable bonds is 10. The standard InChI is InChI=1S/C33H40ClN2O4S/c1-4-6-7-17-41(38)35-32(37)24-11-15-31-29(19-24)36(20-25-10-13-27(25)30(5-2)39-3)21-33(22-40-31)16-8-9-23-18-26(34)12-14-28(23)33/h4-5,11-12,14-15,18-19,25,27,30H,1-2,6-10,13,16-17,20-22H2,3H3/q-1/t25-,27+,30-,33-/m0/s1. The maximum absolute atomic E-state index is 13.1. The molecule has 8 heteroatoms. The van der Waals surface area contributed by atoms with Crippen LogP contribution in [0.1, 0.15) is 60.0 Å². The number of methoxy groups -OCH3 is 1. The van der Waals surface area contributed by atoms with Crippen molar-refractivity contribution in [2.24, 2.45) is 16.2 Å². The first-order chi connectivity index (χ1) is 19.9. The van der Waals surface area contributed by atoms with Gasteiger partial charge < -0.3 is 22.9 Å². The molecule has 41 heavy (non-hydrogen) atoms. The Morgan fingerprint density at radius 2 is 2.15 bits per heavy atom. The number of halogens is 1. The normalized spacial score (nSPS) is 24.8. The number of carbonyl (C=O) groups is 1. The van der Waals surface area contributed by atoms with Crippen LogP contribution in [-0.4, -0.2) is 44.6 Å². The highest BCUT2D eigenvalue weighted by Crippen LogP contribution is 2.46. The Kier molecular flexibility index (Phi) is 9.57. The molecule has 0 saturated heterocycles. The molecule has 6 nitrogen and oxygen atoms in total. The Balaban J connectivity index is 1.49. The minimum absolute atomic E-state index is 0.0192. The summed E-state index contributed by atoms with van der Waals surface area (Å²) in [6.45, 7) is 9.84. The first kappa shape index (κ1) is 29.9. The molecule has 0 N–H and O–H groups in total. The Bertz CT molecular complexity index is 1390. The molecule has 0 aromatic heterocycles. The minimum Gasteiger partial charge on any atom is -0.490 e. The maximum Gasteiger partial charge on any atom is 0.254 e. The van der Waals surface area contributed by atoms with E-state index in [1.807, 2.05) is 24.3 Å². The number of benzene rings is 2. The number of aryl methyl sites for hydroxylation is 1. The maximum atomic E-state index is 13.1. The van der Waals surface area contributed by atoms with Crippen molar-refractivity contribution in [3.8, 4) is 5.75 Å². The molecule has 4 atom stereocenters. The van der Waals surface area contributed by atoms with Gasteiger partial charge in [-0.3, -0.25) is 4.79 Å². The second-order valence-corrected chi connectivity index (χ2v) is 13.2. The summed E-state index contributed by atoms with van der Waals surface area (Å²) < 4.78 is 28.7. The van der Waals surface area contributed by atoms with Gasteiger partial charge in [0.25, 0.3) is 5.91 Å². The quantitative estimate of drug-likeness (QED) is 0.164. The number of allylic oxidation sites excluding steroid dienone is 1. The lowest BCUT2D eigenvalue weighted by molar-refractivity contribution is 0.0135. The average molecular weight is 596 g/mol. The minimum atomic E-state index is -1.57. The number of fused-ring (bicyclic) bond motifs is 3. The summed E-state index contributed by atoms with van der Waals surface area (Å²) in [5.41, 5.74) is 3.71. The molecule has 0 radical (unpaired) electrons. The number of amides is 1. The van der Waals surface area contributed by atoms with Crippen LogP contribution in [0.4, 0.5) is 5.69 Å². The van der Waals surface area contributed by atoms with Gasteiger partial charge in [0.1, 0.15) is 5.75 Å². The van der Waals surface area contributed by atoms with Crippen LogP contribution in [0.25, 0.3) is 0 Å². The van der Waals surface area contributed by atoms with Gasteiger partial charge in [-0.05, 0) is 91.8 Å². The SMILES string of the molecule is C=CCCC[S-](=O)=NC(=O)c1ccc2c(c1)N(C[C@@H]1CC[C@H]1[C@H](C=C)OC)C[C@@]1(CCCc3cc(Cl)ccc31)CO2. The fraction of sp³-hybridized carbons (Fsp3) is 0.485. The van der Waals surface area contributed by atoms with E-state index >= 15 is 0 Å².